The van der Waals surface area contributed by atoms with Crippen molar-refractivity contribution in [1.82, 2.24) is 9.88 Å². The molecule has 4 nitrogen and oxygen atoms in total. The Morgan fingerprint density at radius 3 is 2.01 bits per heavy atom. The van der Waals surface area contributed by atoms with Crippen LogP contribution in [0.15, 0.2) is 228 Å². The van der Waals surface area contributed by atoms with Crippen molar-refractivity contribution in [3.05, 3.63) is 235 Å². The Bertz CT molecular complexity index is 4210. The first-order chi connectivity index (χ1) is 34.1. The van der Waals surface area contributed by atoms with Gasteiger partial charge in [0, 0.05) is 50.3 Å². The van der Waals surface area contributed by atoms with E-state index in [1.54, 1.807) is 0 Å². The number of benzene rings is 11. The van der Waals surface area contributed by atoms with Crippen molar-refractivity contribution < 1.29 is 4.42 Å². The van der Waals surface area contributed by atoms with Crippen LogP contribution in [0.5, 0.6) is 0 Å². The lowest BCUT2D eigenvalue weighted by atomic mass is 9.84. The zero-order valence-electron chi connectivity index (χ0n) is 38.2. The molecule has 0 spiro atoms. The van der Waals surface area contributed by atoms with Gasteiger partial charge in [0.1, 0.15) is 17.3 Å². The topological polar surface area (TPSA) is 42.5 Å². The summed E-state index contributed by atoms with van der Waals surface area (Å²) in [7, 11) is 0. The second-order valence-corrected chi connectivity index (χ2v) is 19.1. The minimum absolute atomic E-state index is 0.0250. The highest BCUT2D eigenvalue weighted by molar-refractivity contribution is 6.22. The largest absolute Gasteiger partial charge is 0.456 e. The fourth-order valence-electron chi connectivity index (χ4n) is 11.7. The minimum atomic E-state index is -0.359. The van der Waals surface area contributed by atoms with Gasteiger partial charge in [0.2, 0.25) is 0 Å². The summed E-state index contributed by atoms with van der Waals surface area (Å²) in [6, 6.07) is 79.9. The first-order valence-corrected chi connectivity index (χ1v) is 24.3. The molecule has 13 aromatic rings. The molecule has 2 aromatic heterocycles. The van der Waals surface area contributed by atoms with Crippen LogP contribution in [0.2, 0.25) is 0 Å². The average Bonchev–Trinajstić information content (AvgIpc) is 3.95. The number of furan rings is 1. The molecule has 0 saturated heterocycles. The van der Waals surface area contributed by atoms with Crippen molar-refractivity contribution in [1.29, 1.82) is 0 Å². The van der Waals surface area contributed by atoms with Crippen molar-refractivity contribution in [2.45, 2.75) is 32.0 Å². The lowest BCUT2D eigenvalue weighted by molar-refractivity contribution is 0.330. The molecule has 1 N–H and O–H groups in total. The molecule has 0 aliphatic carbocycles. The maximum Gasteiger partial charge on any atom is 0.138 e. The number of nitrogens with zero attached hydrogens (tertiary/aromatic N) is 2. The molecule has 14 rings (SSSR count). The highest BCUT2D eigenvalue weighted by atomic mass is 16.3. The number of rotatable bonds is 5. The van der Waals surface area contributed by atoms with Gasteiger partial charge in [-0.1, -0.05) is 183 Å². The Hall–Kier alpha value is -8.31. The van der Waals surface area contributed by atoms with Crippen LogP contribution in [0, 0.1) is 5.92 Å². The summed E-state index contributed by atoms with van der Waals surface area (Å²) in [4.78, 5) is 5.99. The summed E-state index contributed by atoms with van der Waals surface area (Å²) in [5.74, 6) is 0.261. The van der Waals surface area contributed by atoms with E-state index in [2.05, 4.69) is 235 Å². The van der Waals surface area contributed by atoms with E-state index in [0.717, 1.165) is 62.8 Å². The van der Waals surface area contributed by atoms with Crippen LogP contribution < -0.4 is 5.32 Å². The van der Waals surface area contributed by atoms with Crippen molar-refractivity contribution in [2.75, 3.05) is 0 Å². The number of nitrogens with one attached hydrogen (secondary N) is 1. The fraction of sp³-hybridized carbons (Fsp3) is 0.0923. The minimum Gasteiger partial charge on any atom is -0.456 e. The van der Waals surface area contributed by atoms with E-state index >= 15 is 0 Å². The number of para-hydroxylation sites is 1. The third kappa shape index (κ3) is 6.51. The SMILES string of the molecule is CC1CCC(c2cc(-n3c4cc5ccccc5cc4c4ccc5ccccc5c43)cc3oc4ccccc4c23)=NC(c2cccc(-c3ccccc3)c2)NC1c1cc2ccccc2c2ccccc12. The van der Waals surface area contributed by atoms with Crippen molar-refractivity contribution in [3.8, 4) is 16.8 Å². The predicted molar refractivity (Wildman–Crippen MR) is 290 cm³/mol. The van der Waals surface area contributed by atoms with Gasteiger partial charge in [-0.2, -0.15) is 0 Å². The van der Waals surface area contributed by atoms with E-state index in [1.807, 2.05) is 0 Å². The van der Waals surface area contributed by atoms with E-state index in [0.29, 0.717) is 0 Å². The van der Waals surface area contributed by atoms with E-state index in [1.165, 1.54) is 76.1 Å². The molecule has 3 heterocycles. The summed E-state index contributed by atoms with van der Waals surface area (Å²) in [5.41, 5.74) is 12.1. The smallest absolute Gasteiger partial charge is 0.138 e. The first kappa shape index (κ1) is 39.8. The monoisotopic (exact) mass is 885 g/mol. The number of aromatic nitrogens is 1. The van der Waals surface area contributed by atoms with Gasteiger partial charge >= 0.3 is 0 Å². The zero-order valence-corrected chi connectivity index (χ0v) is 38.2. The van der Waals surface area contributed by atoms with E-state index < -0.39 is 0 Å². The fourth-order valence-corrected chi connectivity index (χ4v) is 11.7. The van der Waals surface area contributed by atoms with E-state index in [9.17, 15) is 0 Å². The molecular weight excluding hydrogens is 839 g/mol. The maximum absolute atomic E-state index is 6.92. The molecule has 1 aliphatic rings. The Balaban J connectivity index is 1.03. The van der Waals surface area contributed by atoms with Gasteiger partial charge in [0.15, 0.2) is 0 Å². The molecule has 69 heavy (non-hydrogen) atoms. The van der Waals surface area contributed by atoms with Gasteiger partial charge in [-0.15, -0.1) is 0 Å². The standard InChI is InChI=1S/C65H47N3O/c1-40-30-33-58(66-65(47-23-15-22-43(34-47)41-16-3-2-4-17-41)67-63(40)56-36-46-21-8-9-24-49(46)51-26-11-12-27-52(51)56)57-38-48(39-61-62(57)54-28-13-14-29-60(54)69-61)68-59-37-45-20-6-5-19-44(45)35-55(59)53-32-31-42-18-7-10-25-50(42)64(53)68/h2-29,31-32,34-40,63,65,67H,30,33H2,1H3. The van der Waals surface area contributed by atoms with Crippen LogP contribution in [0.4, 0.5) is 0 Å². The van der Waals surface area contributed by atoms with Crippen molar-refractivity contribution in [3.63, 3.8) is 0 Å². The Kier molecular flexibility index (Phi) is 9.18. The van der Waals surface area contributed by atoms with Crippen molar-refractivity contribution >= 4 is 92.5 Å². The lowest BCUT2D eigenvalue weighted by Crippen LogP contribution is -2.33. The summed E-state index contributed by atoms with van der Waals surface area (Å²) in [6.07, 6.45) is 1.36. The molecule has 0 fully saturated rings. The van der Waals surface area contributed by atoms with E-state index in [4.69, 9.17) is 9.41 Å². The van der Waals surface area contributed by atoms with Crippen LogP contribution in [-0.4, -0.2) is 10.3 Å². The molecule has 1 aliphatic heterocycles. The van der Waals surface area contributed by atoms with Crippen LogP contribution in [0.3, 0.4) is 0 Å². The third-order valence-electron chi connectivity index (χ3n) is 15.0. The molecular formula is C65H47N3O. The number of aliphatic imine (C=N–C) groups is 1. The van der Waals surface area contributed by atoms with Crippen LogP contribution in [0.25, 0.3) is 104 Å². The van der Waals surface area contributed by atoms with Gasteiger partial charge < -0.3 is 8.98 Å². The summed E-state index contributed by atoms with van der Waals surface area (Å²) in [6.45, 7) is 2.43. The second kappa shape index (κ2) is 15.9. The summed E-state index contributed by atoms with van der Waals surface area (Å²) >= 11 is 0. The van der Waals surface area contributed by atoms with Gasteiger partial charge in [0.25, 0.3) is 0 Å². The molecule has 0 saturated carbocycles. The van der Waals surface area contributed by atoms with Gasteiger partial charge in [0.05, 0.1) is 16.7 Å². The number of hydrogen-bond acceptors (Lipinski definition) is 3. The molecule has 4 heteroatoms. The Morgan fingerprint density at radius 1 is 0.493 bits per heavy atom. The zero-order chi connectivity index (χ0) is 45.6. The molecule has 3 atom stereocenters. The normalized spacial score (nSPS) is 16.8. The molecule has 11 aromatic carbocycles. The molecule has 3 unspecified atom stereocenters. The van der Waals surface area contributed by atoms with Crippen molar-refractivity contribution in [2.24, 2.45) is 10.9 Å². The second-order valence-electron chi connectivity index (χ2n) is 19.1. The third-order valence-corrected chi connectivity index (χ3v) is 15.0. The quantitative estimate of drug-likeness (QED) is 0.175. The highest BCUT2D eigenvalue weighted by Gasteiger charge is 2.30. The molecule has 0 radical (unpaired) electrons. The first-order valence-electron chi connectivity index (χ1n) is 24.3. The van der Waals surface area contributed by atoms with Gasteiger partial charge in [-0.3, -0.25) is 10.3 Å². The lowest BCUT2D eigenvalue weighted by Gasteiger charge is -2.33. The predicted octanol–water partition coefficient (Wildman–Crippen LogP) is 17.2. The number of hydrogen-bond donors (Lipinski definition) is 1. The molecule has 0 bridgehead atoms. The summed E-state index contributed by atoms with van der Waals surface area (Å²) in [5, 5.41) is 18.9. The van der Waals surface area contributed by atoms with E-state index in [-0.39, 0.29) is 18.1 Å². The maximum atomic E-state index is 6.92. The number of fused-ring (bicyclic) bond motifs is 12. The average molecular weight is 886 g/mol. The molecule has 328 valence electrons. The van der Waals surface area contributed by atoms with Gasteiger partial charge in [-0.05, 0) is 115 Å². The highest BCUT2D eigenvalue weighted by Crippen LogP contribution is 2.44. The van der Waals surface area contributed by atoms with Gasteiger partial charge in [-0.25, -0.2) is 0 Å². The summed E-state index contributed by atoms with van der Waals surface area (Å²) < 4.78 is 9.41. The van der Waals surface area contributed by atoms with Crippen LogP contribution in [-0.2, 0) is 0 Å². The van der Waals surface area contributed by atoms with Crippen LogP contribution in [0.1, 0.15) is 48.7 Å². The Morgan fingerprint density at radius 2 is 1.17 bits per heavy atom. The Labute approximate surface area is 399 Å². The van der Waals surface area contributed by atoms with Crippen LogP contribution >= 0.6 is 0 Å². The molecule has 0 amide bonds.